The lowest BCUT2D eigenvalue weighted by atomic mass is 10.1. The lowest BCUT2D eigenvalue weighted by Crippen LogP contribution is -2.34. The predicted molar refractivity (Wildman–Crippen MR) is 80.1 cm³/mol. The van der Waals surface area contributed by atoms with Crippen LogP contribution in [-0.2, 0) is 4.79 Å². The fourth-order valence-corrected chi connectivity index (χ4v) is 2.46. The number of benzene rings is 2. The van der Waals surface area contributed by atoms with Crippen molar-refractivity contribution in [1.29, 1.82) is 0 Å². The highest BCUT2D eigenvalue weighted by molar-refractivity contribution is 6.30. The number of hydrogen-bond acceptors (Lipinski definition) is 3. The second-order valence-corrected chi connectivity index (χ2v) is 4.93. The fourth-order valence-electron chi connectivity index (χ4n) is 2.27. The van der Waals surface area contributed by atoms with E-state index in [1.165, 1.54) is 0 Å². The van der Waals surface area contributed by atoms with Crippen molar-refractivity contribution in [3.8, 4) is 5.75 Å². The third kappa shape index (κ3) is 2.30. The van der Waals surface area contributed by atoms with Crippen molar-refractivity contribution in [3.63, 3.8) is 0 Å². The maximum absolute atomic E-state index is 11.9. The second kappa shape index (κ2) is 5.06. The van der Waals surface area contributed by atoms with Crippen LogP contribution in [0.15, 0.2) is 42.5 Å². The van der Waals surface area contributed by atoms with Crippen molar-refractivity contribution in [2.45, 2.75) is 0 Å². The molecule has 0 saturated heterocycles. The standard InChI is InChI=1S/C15H13ClN2O2/c1-20-12-5-6-14-13(8-12)17-15(19)9-18(14)11-4-2-3-10(16)7-11/h2-8H,9H2,1H3,(H,17,19). The molecule has 3 rings (SSSR count). The highest BCUT2D eigenvalue weighted by atomic mass is 35.5. The van der Waals surface area contributed by atoms with E-state index in [0.29, 0.717) is 10.8 Å². The Morgan fingerprint density at radius 1 is 1.25 bits per heavy atom. The number of carbonyl (C=O) groups is 1. The van der Waals surface area contributed by atoms with E-state index in [-0.39, 0.29) is 12.5 Å². The van der Waals surface area contributed by atoms with Gasteiger partial charge in [-0.3, -0.25) is 4.79 Å². The summed E-state index contributed by atoms with van der Waals surface area (Å²) in [5, 5.41) is 3.50. The van der Waals surface area contributed by atoms with Gasteiger partial charge in [-0.2, -0.15) is 0 Å². The molecule has 0 spiro atoms. The van der Waals surface area contributed by atoms with Gasteiger partial charge in [0.25, 0.3) is 0 Å². The van der Waals surface area contributed by atoms with Gasteiger partial charge in [0.05, 0.1) is 18.5 Å². The summed E-state index contributed by atoms with van der Waals surface area (Å²) in [7, 11) is 1.60. The number of amides is 1. The van der Waals surface area contributed by atoms with Crippen molar-refractivity contribution in [2.75, 3.05) is 23.9 Å². The van der Waals surface area contributed by atoms with Crippen LogP contribution in [0, 0.1) is 0 Å². The number of fused-ring (bicyclic) bond motifs is 1. The number of carbonyl (C=O) groups excluding carboxylic acids is 1. The van der Waals surface area contributed by atoms with E-state index in [0.717, 1.165) is 17.1 Å². The van der Waals surface area contributed by atoms with Crippen molar-refractivity contribution >= 4 is 34.6 Å². The SMILES string of the molecule is COc1ccc2c(c1)NC(=O)CN2c1cccc(Cl)c1. The molecule has 102 valence electrons. The molecule has 0 unspecified atom stereocenters. The number of nitrogens with one attached hydrogen (secondary N) is 1. The summed E-state index contributed by atoms with van der Waals surface area (Å²) in [5.41, 5.74) is 2.55. The van der Waals surface area contributed by atoms with E-state index in [2.05, 4.69) is 5.32 Å². The summed E-state index contributed by atoms with van der Waals surface area (Å²) in [6.45, 7) is 0.264. The van der Waals surface area contributed by atoms with Gasteiger partial charge < -0.3 is 15.0 Å². The minimum Gasteiger partial charge on any atom is -0.497 e. The molecule has 0 aromatic heterocycles. The molecular formula is C15H13ClN2O2. The monoisotopic (exact) mass is 288 g/mol. The fraction of sp³-hybridized carbons (Fsp3) is 0.133. The zero-order valence-corrected chi connectivity index (χ0v) is 11.6. The van der Waals surface area contributed by atoms with Gasteiger partial charge in [0.15, 0.2) is 0 Å². The van der Waals surface area contributed by atoms with Crippen LogP contribution in [0.1, 0.15) is 0 Å². The van der Waals surface area contributed by atoms with Gasteiger partial charge in [-0.05, 0) is 30.3 Å². The first-order valence-corrected chi connectivity index (χ1v) is 6.56. The van der Waals surface area contributed by atoms with E-state index >= 15 is 0 Å². The van der Waals surface area contributed by atoms with Crippen molar-refractivity contribution < 1.29 is 9.53 Å². The molecule has 2 aromatic carbocycles. The Balaban J connectivity index is 2.08. The minimum absolute atomic E-state index is 0.0641. The third-order valence-corrected chi connectivity index (χ3v) is 3.43. The largest absolute Gasteiger partial charge is 0.497 e. The molecule has 0 aliphatic carbocycles. The van der Waals surface area contributed by atoms with E-state index in [9.17, 15) is 4.79 Å². The van der Waals surface area contributed by atoms with Crippen molar-refractivity contribution in [1.82, 2.24) is 0 Å². The smallest absolute Gasteiger partial charge is 0.244 e. The highest BCUT2D eigenvalue weighted by Gasteiger charge is 2.23. The van der Waals surface area contributed by atoms with Crippen LogP contribution in [-0.4, -0.2) is 19.6 Å². The van der Waals surface area contributed by atoms with Crippen LogP contribution in [0.25, 0.3) is 0 Å². The van der Waals surface area contributed by atoms with Gasteiger partial charge in [-0.25, -0.2) is 0 Å². The van der Waals surface area contributed by atoms with Gasteiger partial charge in [0.2, 0.25) is 5.91 Å². The highest BCUT2D eigenvalue weighted by Crippen LogP contribution is 2.37. The van der Waals surface area contributed by atoms with Crippen LogP contribution >= 0.6 is 11.6 Å². The summed E-state index contributed by atoms with van der Waals surface area (Å²) in [4.78, 5) is 13.8. The lowest BCUT2D eigenvalue weighted by Gasteiger charge is -2.31. The van der Waals surface area contributed by atoms with Gasteiger partial charge in [0.1, 0.15) is 12.3 Å². The third-order valence-electron chi connectivity index (χ3n) is 3.19. The molecule has 1 aliphatic heterocycles. The summed E-state index contributed by atoms with van der Waals surface area (Å²) in [6.07, 6.45) is 0. The molecule has 1 amide bonds. The number of anilines is 3. The molecule has 1 N–H and O–H groups in total. The Bertz CT molecular complexity index is 673. The number of rotatable bonds is 2. The summed E-state index contributed by atoms with van der Waals surface area (Å²) in [6, 6.07) is 13.1. The molecule has 5 heteroatoms. The molecular weight excluding hydrogens is 276 g/mol. The Labute approximate surface area is 121 Å². The maximum atomic E-state index is 11.9. The molecule has 1 aliphatic rings. The van der Waals surface area contributed by atoms with Gasteiger partial charge in [0, 0.05) is 16.8 Å². The molecule has 4 nitrogen and oxygen atoms in total. The molecule has 0 saturated carbocycles. The Kier molecular flexibility index (Phi) is 3.24. The number of hydrogen-bond donors (Lipinski definition) is 1. The van der Waals surface area contributed by atoms with Gasteiger partial charge in [-0.1, -0.05) is 17.7 Å². The molecule has 0 atom stereocenters. The second-order valence-electron chi connectivity index (χ2n) is 4.50. The van der Waals surface area contributed by atoms with E-state index in [1.54, 1.807) is 7.11 Å². The van der Waals surface area contributed by atoms with E-state index in [1.807, 2.05) is 47.4 Å². The predicted octanol–water partition coefficient (Wildman–Crippen LogP) is 3.44. The quantitative estimate of drug-likeness (QED) is 0.920. The first-order valence-electron chi connectivity index (χ1n) is 6.18. The number of nitrogens with zero attached hydrogens (tertiary/aromatic N) is 1. The van der Waals surface area contributed by atoms with E-state index in [4.69, 9.17) is 16.3 Å². The van der Waals surface area contributed by atoms with Crippen molar-refractivity contribution in [2.24, 2.45) is 0 Å². The summed E-state index contributed by atoms with van der Waals surface area (Å²) < 4.78 is 5.18. The maximum Gasteiger partial charge on any atom is 0.244 e. The van der Waals surface area contributed by atoms with Crippen molar-refractivity contribution in [3.05, 3.63) is 47.5 Å². The molecule has 20 heavy (non-hydrogen) atoms. The first kappa shape index (κ1) is 12.8. The van der Waals surface area contributed by atoms with Crippen LogP contribution < -0.4 is 15.0 Å². The number of methoxy groups -OCH3 is 1. The lowest BCUT2D eigenvalue weighted by molar-refractivity contribution is -0.115. The van der Waals surface area contributed by atoms with E-state index < -0.39 is 0 Å². The Hall–Kier alpha value is -2.20. The zero-order chi connectivity index (χ0) is 14.1. The number of ether oxygens (including phenoxy) is 1. The molecule has 0 fully saturated rings. The summed E-state index contributed by atoms with van der Waals surface area (Å²) >= 11 is 6.03. The topological polar surface area (TPSA) is 41.6 Å². The van der Waals surface area contributed by atoms with Gasteiger partial charge in [-0.15, -0.1) is 0 Å². The van der Waals surface area contributed by atoms with Crippen LogP contribution in [0.3, 0.4) is 0 Å². The zero-order valence-electron chi connectivity index (χ0n) is 10.9. The van der Waals surface area contributed by atoms with Gasteiger partial charge >= 0.3 is 0 Å². The number of halogens is 1. The first-order chi connectivity index (χ1) is 9.67. The molecule has 1 heterocycles. The average molecular weight is 289 g/mol. The molecule has 0 bridgehead atoms. The minimum atomic E-state index is -0.0641. The molecule has 0 radical (unpaired) electrons. The normalized spacial score (nSPS) is 13.7. The molecule has 2 aromatic rings. The average Bonchev–Trinajstić information content (AvgIpc) is 2.45. The summed E-state index contributed by atoms with van der Waals surface area (Å²) in [5.74, 6) is 0.641. The van der Waals surface area contributed by atoms with Crippen LogP contribution in [0.2, 0.25) is 5.02 Å². The Morgan fingerprint density at radius 3 is 2.85 bits per heavy atom. The van der Waals surface area contributed by atoms with Crippen LogP contribution in [0.5, 0.6) is 5.75 Å². The van der Waals surface area contributed by atoms with Crippen LogP contribution in [0.4, 0.5) is 17.1 Å². The Morgan fingerprint density at radius 2 is 2.10 bits per heavy atom.